The Hall–Kier alpha value is -0.490. The van der Waals surface area contributed by atoms with E-state index in [4.69, 9.17) is 4.42 Å². The van der Waals surface area contributed by atoms with Crippen LogP contribution in [-0.2, 0) is 6.54 Å². The molecule has 0 atom stereocenters. The van der Waals surface area contributed by atoms with Crippen LogP contribution in [-0.4, -0.2) is 0 Å². The Balaban J connectivity index is 2.02. The molecule has 0 aliphatic rings. The van der Waals surface area contributed by atoms with Crippen molar-refractivity contribution in [2.45, 2.75) is 13.5 Å². The number of hydrogen-bond donors (Lipinski definition) is 1. The topological polar surface area (TPSA) is 25.2 Å². The van der Waals surface area contributed by atoms with Gasteiger partial charge in [-0.05, 0) is 59.3 Å². The van der Waals surface area contributed by atoms with Crippen molar-refractivity contribution in [2.24, 2.45) is 0 Å². The fourth-order valence-corrected chi connectivity index (χ4v) is 2.18. The summed E-state index contributed by atoms with van der Waals surface area (Å²) in [6.07, 6.45) is 0. The summed E-state index contributed by atoms with van der Waals surface area (Å²) in [6.45, 7) is 2.78. The fraction of sp³-hybridized carbons (Fsp3) is 0.167. The molecule has 0 aliphatic carbocycles. The van der Waals surface area contributed by atoms with Crippen LogP contribution in [0, 0.1) is 10.7 Å². The molecule has 0 bridgehead atoms. The maximum absolute atomic E-state index is 5.47. The average Bonchev–Trinajstić information content (AvgIpc) is 2.66. The SMILES string of the molecule is Cc1ccc(NCc2ccc(I)o2)cc1Br. The van der Waals surface area contributed by atoms with Gasteiger partial charge >= 0.3 is 0 Å². The van der Waals surface area contributed by atoms with Gasteiger partial charge in [0.25, 0.3) is 0 Å². The minimum absolute atomic E-state index is 0.707. The maximum Gasteiger partial charge on any atom is 0.164 e. The zero-order chi connectivity index (χ0) is 11.5. The molecule has 84 valence electrons. The second-order valence-electron chi connectivity index (χ2n) is 3.52. The van der Waals surface area contributed by atoms with E-state index in [1.165, 1.54) is 5.56 Å². The van der Waals surface area contributed by atoms with Gasteiger partial charge in [0.05, 0.1) is 6.54 Å². The van der Waals surface area contributed by atoms with Crippen molar-refractivity contribution in [3.63, 3.8) is 0 Å². The molecular formula is C12H11BrINO. The Morgan fingerprint density at radius 1 is 1.31 bits per heavy atom. The summed E-state index contributed by atoms with van der Waals surface area (Å²) >= 11 is 5.67. The number of anilines is 1. The van der Waals surface area contributed by atoms with E-state index in [0.29, 0.717) is 6.54 Å². The molecule has 2 nitrogen and oxygen atoms in total. The van der Waals surface area contributed by atoms with Crippen LogP contribution < -0.4 is 5.32 Å². The summed E-state index contributed by atoms with van der Waals surface area (Å²) in [5.74, 6) is 0.945. The summed E-state index contributed by atoms with van der Waals surface area (Å²) in [6, 6.07) is 10.2. The monoisotopic (exact) mass is 391 g/mol. The zero-order valence-electron chi connectivity index (χ0n) is 8.76. The molecule has 0 unspecified atom stereocenters. The highest BCUT2D eigenvalue weighted by Gasteiger charge is 2.00. The number of rotatable bonds is 3. The first-order valence-electron chi connectivity index (χ1n) is 4.89. The van der Waals surface area contributed by atoms with Gasteiger partial charge in [-0.2, -0.15) is 0 Å². The molecule has 2 rings (SSSR count). The van der Waals surface area contributed by atoms with E-state index in [1.54, 1.807) is 0 Å². The van der Waals surface area contributed by atoms with Gasteiger partial charge in [-0.25, -0.2) is 0 Å². The fourth-order valence-electron chi connectivity index (χ4n) is 1.34. The Labute approximate surface area is 117 Å². The summed E-state index contributed by atoms with van der Waals surface area (Å²) in [5, 5.41) is 3.32. The summed E-state index contributed by atoms with van der Waals surface area (Å²) in [4.78, 5) is 0. The lowest BCUT2D eigenvalue weighted by Gasteiger charge is -2.06. The number of benzene rings is 1. The molecule has 0 spiro atoms. The molecule has 1 N–H and O–H groups in total. The first-order valence-corrected chi connectivity index (χ1v) is 6.76. The van der Waals surface area contributed by atoms with Crippen LogP contribution in [0.5, 0.6) is 0 Å². The molecule has 0 fully saturated rings. The lowest BCUT2D eigenvalue weighted by atomic mass is 10.2. The van der Waals surface area contributed by atoms with Crippen molar-refractivity contribution in [1.82, 2.24) is 0 Å². The largest absolute Gasteiger partial charge is 0.454 e. The summed E-state index contributed by atoms with van der Waals surface area (Å²) < 4.78 is 7.50. The van der Waals surface area contributed by atoms with Crippen molar-refractivity contribution >= 4 is 44.2 Å². The number of aryl methyl sites for hydroxylation is 1. The molecule has 1 aromatic carbocycles. The Morgan fingerprint density at radius 3 is 2.75 bits per heavy atom. The highest BCUT2D eigenvalue weighted by atomic mass is 127. The Morgan fingerprint density at radius 2 is 2.12 bits per heavy atom. The van der Waals surface area contributed by atoms with E-state index in [-0.39, 0.29) is 0 Å². The van der Waals surface area contributed by atoms with E-state index in [2.05, 4.69) is 69.0 Å². The predicted molar refractivity (Wildman–Crippen MR) is 77.6 cm³/mol. The highest BCUT2D eigenvalue weighted by Crippen LogP contribution is 2.21. The van der Waals surface area contributed by atoms with E-state index in [9.17, 15) is 0 Å². The lowest BCUT2D eigenvalue weighted by molar-refractivity contribution is 0.493. The van der Waals surface area contributed by atoms with Crippen molar-refractivity contribution in [3.8, 4) is 0 Å². The van der Waals surface area contributed by atoms with E-state index in [1.807, 2.05) is 12.1 Å². The molecular weight excluding hydrogens is 381 g/mol. The minimum atomic E-state index is 0.707. The molecule has 0 saturated heterocycles. The van der Waals surface area contributed by atoms with Gasteiger partial charge in [0.1, 0.15) is 5.76 Å². The zero-order valence-corrected chi connectivity index (χ0v) is 12.5. The van der Waals surface area contributed by atoms with Gasteiger partial charge in [0.15, 0.2) is 3.77 Å². The third kappa shape index (κ3) is 3.01. The van der Waals surface area contributed by atoms with Crippen LogP contribution in [0.3, 0.4) is 0 Å². The van der Waals surface area contributed by atoms with Gasteiger partial charge in [-0.3, -0.25) is 0 Å². The molecule has 0 saturated carbocycles. The predicted octanol–water partition coefficient (Wildman–Crippen LogP) is 4.57. The third-order valence-corrected chi connectivity index (χ3v) is 3.70. The minimum Gasteiger partial charge on any atom is -0.454 e. The average molecular weight is 392 g/mol. The van der Waals surface area contributed by atoms with Crippen LogP contribution in [0.2, 0.25) is 0 Å². The Kier molecular flexibility index (Phi) is 3.91. The molecule has 2 aromatic rings. The van der Waals surface area contributed by atoms with Crippen LogP contribution in [0.15, 0.2) is 39.2 Å². The van der Waals surface area contributed by atoms with Gasteiger partial charge in [-0.1, -0.05) is 22.0 Å². The van der Waals surface area contributed by atoms with Crippen molar-refractivity contribution in [1.29, 1.82) is 0 Å². The first kappa shape index (κ1) is 12.0. The molecule has 0 radical (unpaired) electrons. The van der Waals surface area contributed by atoms with Crippen molar-refractivity contribution in [2.75, 3.05) is 5.32 Å². The van der Waals surface area contributed by atoms with E-state index in [0.717, 1.165) is 19.7 Å². The second kappa shape index (κ2) is 5.23. The van der Waals surface area contributed by atoms with Crippen LogP contribution >= 0.6 is 38.5 Å². The second-order valence-corrected chi connectivity index (χ2v) is 5.44. The number of nitrogens with one attached hydrogen (secondary N) is 1. The smallest absolute Gasteiger partial charge is 0.164 e. The third-order valence-electron chi connectivity index (χ3n) is 2.27. The molecule has 4 heteroatoms. The highest BCUT2D eigenvalue weighted by molar-refractivity contribution is 14.1. The molecule has 0 amide bonds. The number of furan rings is 1. The van der Waals surface area contributed by atoms with Crippen molar-refractivity contribution < 1.29 is 4.42 Å². The molecule has 0 aliphatic heterocycles. The van der Waals surface area contributed by atoms with Gasteiger partial charge in [0.2, 0.25) is 0 Å². The van der Waals surface area contributed by atoms with Crippen LogP contribution in [0.1, 0.15) is 11.3 Å². The number of halogens is 2. The molecule has 1 aromatic heterocycles. The summed E-state index contributed by atoms with van der Waals surface area (Å²) in [7, 11) is 0. The maximum atomic E-state index is 5.47. The number of hydrogen-bond acceptors (Lipinski definition) is 2. The van der Waals surface area contributed by atoms with Gasteiger partial charge in [-0.15, -0.1) is 0 Å². The van der Waals surface area contributed by atoms with Gasteiger partial charge in [0, 0.05) is 10.2 Å². The van der Waals surface area contributed by atoms with Crippen molar-refractivity contribution in [3.05, 3.63) is 49.9 Å². The standard InChI is InChI=1S/C12H11BrINO/c1-8-2-3-9(6-11(8)13)15-7-10-4-5-12(14)16-10/h2-6,15H,7H2,1H3. The van der Waals surface area contributed by atoms with Gasteiger partial charge < -0.3 is 9.73 Å². The Bertz CT molecular complexity index is 496. The first-order chi connectivity index (χ1) is 7.65. The van der Waals surface area contributed by atoms with E-state index >= 15 is 0 Å². The lowest BCUT2D eigenvalue weighted by Crippen LogP contribution is -1.98. The normalized spacial score (nSPS) is 10.4. The quantitative estimate of drug-likeness (QED) is 0.775. The van der Waals surface area contributed by atoms with Crippen LogP contribution in [0.4, 0.5) is 5.69 Å². The summed E-state index contributed by atoms with van der Waals surface area (Å²) in [5.41, 5.74) is 2.32. The van der Waals surface area contributed by atoms with Crippen LogP contribution in [0.25, 0.3) is 0 Å². The van der Waals surface area contributed by atoms with E-state index < -0.39 is 0 Å². The molecule has 16 heavy (non-hydrogen) atoms. The molecule has 1 heterocycles.